The summed E-state index contributed by atoms with van der Waals surface area (Å²) in [6.07, 6.45) is 0. The number of ether oxygens (including phenoxy) is 1. The van der Waals surface area contributed by atoms with Gasteiger partial charge in [0.05, 0.1) is 13.7 Å². The van der Waals surface area contributed by atoms with Crippen molar-refractivity contribution in [1.82, 2.24) is 10.1 Å². The predicted octanol–water partition coefficient (Wildman–Crippen LogP) is 1.51. The summed E-state index contributed by atoms with van der Waals surface area (Å²) in [7, 11) is 1.50. The highest BCUT2D eigenvalue weighted by Crippen LogP contribution is 2.42. The van der Waals surface area contributed by atoms with Crippen LogP contribution in [0.1, 0.15) is 16.6 Å². The summed E-state index contributed by atoms with van der Waals surface area (Å²) >= 11 is 1.22. The maximum atomic E-state index is 8.90. The van der Waals surface area contributed by atoms with Crippen molar-refractivity contribution in [2.75, 3.05) is 18.2 Å². The van der Waals surface area contributed by atoms with Gasteiger partial charge in [0.25, 0.3) is 0 Å². The van der Waals surface area contributed by atoms with Crippen LogP contribution in [-0.2, 0) is 6.54 Å². The molecule has 0 bridgehead atoms. The first-order chi connectivity index (χ1) is 8.65. The van der Waals surface area contributed by atoms with Gasteiger partial charge in [-0.3, -0.25) is 0 Å². The van der Waals surface area contributed by atoms with Gasteiger partial charge in [0.2, 0.25) is 5.89 Å². The lowest BCUT2D eigenvalue weighted by Gasteiger charge is -2.04. The van der Waals surface area contributed by atoms with Crippen LogP contribution < -0.4 is 15.8 Å². The first-order valence-electron chi connectivity index (χ1n) is 5.05. The third kappa shape index (κ3) is 2.21. The van der Waals surface area contributed by atoms with Crippen LogP contribution in [0, 0.1) is 18.3 Å². The Hall–Kier alpha value is -2.27. The van der Waals surface area contributed by atoms with Crippen LogP contribution >= 0.6 is 11.3 Å². The zero-order valence-electron chi connectivity index (χ0n) is 9.85. The van der Waals surface area contributed by atoms with Crippen molar-refractivity contribution in [3.63, 3.8) is 0 Å². The molecule has 3 N–H and O–H groups in total. The molecule has 2 aromatic heterocycles. The quantitative estimate of drug-likeness (QED) is 0.862. The van der Waals surface area contributed by atoms with Crippen molar-refractivity contribution in [2.45, 2.75) is 13.5 Å². The van der Waals surface area contributed by atoms with Crippen LogP contribution in [0.3, 0.4) is 0 Å². The molecule has 0 atom stereocenters. The van der Waals surface area contributed by atoms with Crippen LogP contribution in [0.4, 0.5) is 10.7 Å². The molecule has 0 aliphatic heterocycles. The molecule has 0 radical (unpaired) electrons. The van der Waals surface area contributed by atoms with Crippen molar-refractivity contribution >= 4 is 22.0 Å². The monoisotopic (exact) mass is 265 g/mol. The number of hydrogen-bond acceptors (Lipinski definition) is 8. The number of methoxy groups -OCH3 is 1. The summed E-state index contributed by atoms with van der Waals surface area (Å²) in [6.45, 7) is 2.09. The number of nitrogens with zero attached hydrogens (tertiary/aromatic N) is 3. The van der Waals surface area contributed by atoms with E-state index in [1.54, 1.807) is 6.92 Å². The molecule has 0 aromatic carbocycles. The first-order valence-corrected chi connectivity index (χ1v) is 5.86. The highest BCUT2D eigenvalue weighted by molar-refractivity contribution is 7.17. The first kappa shape index (κ1) is 12.2. The van der Waals surface area contributed by atoms with Crippen LogP contribution in [0.2, 0.25) is 0 Å². The predicted molar refractivity (Wildman–Crippen MR) is 66.4 cm³/mol. The number of rotatable bonds is 4. The van der Waals surface area contributed by atoms with Gasteiger partial charge in [-0.1, -0.05) is 5.16 Å². The van der Waals surface area contributed by atoms with Gasteiger partial charge in [-0.15, -0.1) is 11.3 Å². The van der Waals surface area contributed by atoms with E-state index in [4.69, 9.17) is 20.3 Å². The highest BCUT2D eigenvalue weighted by atomic mass is 32.1. The van der Waals surface area contributed by atoms with Crippen LogP contribution in [0.25, 0.3) is 0 Å². The summed E-state index contributed by atoms with van der Waals surface area (Å²) in [5.41, 5.74) is 6.11. The lowest BCUT2D eigenvalue weighted by Crippen LogP contribution is -2.00. The lowest BCUT2D eigenvalue weighted by molar-refractivity contribution is 0.379. The summed E-state index contributed by atoms with van der Waals surface area (Å²) in [6, 6.07) is 2.01. The van der Waals surface area contributed by atoms with Crippen LogP contribution in [0.5, 0.6) is 5.75 Å². The van der Waals surface area contributed by atoms with Gasteiger partial charge in [0.1, 0.15) is 21.6 Å². The van der Waals surface area contributed by atoms with Crippen molar-refractivity contribution in [3.05, 3.63) is 16.6 Å². The molecule has 94 valence electrons. The minimum Gasteiger partial charge on any atom is -0.492 e. The summed E-state index contributed by atoms with van der Waals surface area (Å²) < 4.78 is 10.1. The fraction of sp³-hybridized carbons (Fsp3) is 0.300. The zero-order chi connectivity index (χ0) is 13.1. The average Bonchev–Trinajstić information content (AvgIpc) is 2.90. The second-order valence-corrected chi connectivity index (χ2v) is 4.43. The number of thiophene rings is 1. The van der Waals surface area contributed by atoms with Crippen molar-refractivity contribution in [3.8, 4) is 11.8 Å². The number of aryl methyl sites for hydroxylation is 1. The van der Waals surface area contributed by atoms with E-state index in [9.17, 15) is 0 Å². The van der Waals surface area contributed by atoms with Crippen molar-refractivity contribution in [2.24, 2.45) is 0 Å². The van der Waals surface area contributed by atoms with Gasteiger partial charge >= 0.3 is 0 Å². The fourth-order valence-corrected chi connectivity index (χ4v) is 2.28. The molecule has 2 aromatic rings. The zero-order valence-corrected chi connectivity index (χ0v) is 10.7. The Bertz CT molecular complexity index is 598. The fourth-order valence-electron chi connectivity index (χ4n) is 1.40. The largest absolute Gasteiger partial charge is 0.492 e. The SMILES string of the molecule is COc1c(NCc2nc(C)no2)sc(C#N)c1N. The normalized spacial score (nSPS) is 10.1. The van der Waals surface area contributed by atoms with E-state index in [2.05, 4.69) is 15.5 Å². The smallest absolute Gasteiger partial charge is 0.245 e. The van der Waals surface area contributed by atoms with Crippen molar-refractivity contribution in [1.29, 1.82) is 5.26 Å². The molecule has 0 saturated heterocycles. The van der Waals surface area contributed by atoms with Gasteiger partial charge in [-0.25, -0.2) is 0 Å². The van der Waals surface area contributed by atoms with Gasteiger partial charge in [-0.2, -0.15) is 10.2 Å². The minimum atomic E-state index is 0.342. The molecule has 8 heteroatoms. The van der Waals surface area contributed by atoms with E-state index in [1.807, 2.05) is 6.07 Å². The molecule has 2 heterocycles. The minimum absolute atomic E-state index is 0.342. The molecule has 0 fully saturated rings. The Morgan fingerprint density at radius 3 is 2.94 bits per heavy atom. The second kappa shape index (κ2) is 4.93. The molecule has 0 aliphatic rings. The van der Waals surface area contributed by atoms with Gasteiger partial charge < -0.3 is 20.3 Å². The Balaban J connectivity index is 2.16. The third-order valence-corrected chi connectivity index (χ3v) is 3.22. The molecule has 18 heavy (non-hydrogen) atoms. The third-order valence-electron chi connectivity index (χ3n) is 2.18. The molecule has 0 amide bonds. The highest BCUT2D eigenvalue weighted by Gasteiger charge is 2.17. The molecule has 0 spiro atoms. The molecule has 0 unspecified atom stereocenters. The molecular formula is C10H11N5O2S. The number of anilines is 2. The summed E-state index contributed by atoms with van der Waals surface area (Å²) in [5.74, 6) is 1.50. The molecule has 2 rings (SSSR count). The Morgan fingerprint density at radius 2 is 2.39 bits per heavy atom. The molecule has 0 aliphatic carbocycles. The Kier molecular flexibility index (Phi) is 3.34. The lowest BCUT2D eigenvalue weighted by atomic mass is 10.4. The summed E-state index contributed by atoms with van der Waals surface area (Å²) in [5, 5.41) is 16.3. The maximum absolute atomic E-state index is 8.90. The van der Waals surface area contributed by atoms with E-state index in [-0.39, 0.29) is 0 Å². The van der Waals surface area contributed by atoms with E-state index in [0.717, 1.165) is 0 Å². The molecule has 0 saturated carbocycles. The molecule has 7 nitrogen and oxygen atoms in total. The topological polar surface area (TPSA) is 110 Å². The number of aromatic nitrogens is 2. The van der Waals surface area contributed by atoms with E-state index in [0.29, 0.717) is 39.6 Å². The number of nitriles is 1. The maximum Gasteiger partial charge on any atom is 0.245 e. The van der Waals surface area contributed by atoms with Crippen LogP contribution in [0.15, 0.2) is 4.52 Å². The average molecular weight is 265 g/mol. The second-order valence-electron chi connectivity index (χ2n) is 3.41. The standard InChI is InChI=1S/C10H11N5O2S/c1-5-14-7(17-15-5)4-13-10-9(16-2)8(12)6(3-11)18-10/h13H,4,12H2,1-2H3. The number of nitrogens with two attached hydrogens (primary N) is 1. The van der Waals surface area contributed by atoms with Gasteiger partial charge in [-0.05, 0) is 6.92 Å². The van der Waals surface area contributed by atoms with E-state index in [1.165, 1.54) is 18.4 Å². The number of nitrogens with one attached hydrogen (secondary N) is 1. The molecular weight excluding hydrogens is 254 g/mol. The van der Waals surface area contributed by atoms with Gasteiger partial charge in [0, 0.05) is 0 Å². The number of nitrogen functional groups attached to an aromatic ring is 1. The van der Waals surface area contributed by atoms with E-state index >= 15 is 0 Å². The van der Waals surface area contributed by atoms with E-state index < -0.39 is 0 Å². The Labute approximate surface area is 107 Å². The van der Waals surface area contributed by atoms with Gasteiger partial charge in [0.15, 0.2) is 11.6 Å². The van der Waals surface area contributed by atoms with Crippen LogP contribution in [-0.4, -0.2) is 17.3 Å². The number of hydrogen-bond donors (Lipinski definition) is 2. The Morgan fingerprint density at radius 1 is 1.61 bits per heavy atom. The summed E-state index contributed by atoms with van der Waals surface area (Å²) in [4.78, 5) is 4.47. The van der Waals surface area contributed by atoms with Crippen molar-refractivity contribution < 1.29 is 9.26 Å².